The summed E-state index contributed by atoms with van der Waals surface area (Å²) in [6.45, 7) is 7.99. The number of ketones is 1. The molecule has 204 valence electrons. The van der Waals surface area contributed by atoms with Crippen molar-refractivity contribution in [2.24, 2.45) is 9.98 Å². The average Bonchev–Trinajstić information content (AvgIpc) is 2.92. The zero-order valence-corrected chi connectivity index (χ0v) is 23.3. The van der Waals surface area contributed by atoms with Gasteiger partial charge in [0.2, 0.25) is 0 Å². The summed E-state index contributed by atoms with van der Waals surface area (Å²) in [5.41, 5.74) is 2.49. The number of carbonyl (C=O) groups is 1. The Morgan fingerprint density at radius 3 is 2.47 bits per heavy atom. The lowest BCUT2D eigenvalue weighted by atomic mass is 10.0. The standard InChI is InChI=1S/C29H37N3O5S/c1-5-32(6-2)15-7-14-30-29-31-22(19-28(38-29)21-10-13-25(35)27(17-21)37-4)18-23(33)11-8-20-9-12-24(34)26(16-20)36-3/h8-13,16-17,28,34-35H,5-7,14-15,18-19H2,1-4H3/b11-8+,30-29?. The van der Waals surface area contributed by atoms with Gasteiger partial charge in [-0.25, -0.2) is 4.99 Å². The normalized spacial score (nSPS) is 16.7. The molecule has 1 atom stereocenters. The molecule has 9 heteroatoms. The van der Waals surface area contributed by atoms with Crippen LogP contribution in [0.3, 0.4) is 0 Å². The highest BCUT2D eigenvalue weighted by Crippen LogP contribution is 2.40. The van der Waals surface area contributed by atoms with Gasteiger partial charge < -0.3 is 24.6 Å². The molecular formula is C29H37N3O5S. The maximum absolute atomic E-state index is 12.8. The summed E-state index contributed by atoms with van der Waals surface area (Å²) in [7, 11) is 3.01. The Morgan fingerprint density at radius 2 is 1.79 bits per heavy atom. The van der Waals surface area contributed by atoms with Gasteiger partial charge in [-0.05, 0) is 67.5 Å². The van der Waals surface area contributed by atoms with E-state index in [2.05, 4.69) is 18.7 Å². The predicted molar refractivity (Wildman–Crippen MR) is 155 cm³/mol. The van der Waals surface area contributed by atoms with Gasteiger partial charge in [0.15, 0.2) is 33.9 Å². The first kappa shape index (κ1) is 29.3. The molecule has 2 N–H and O–H groups in total. The van der Waals surface area contributed by atoms with E-state index >= 15 is 0 Å². The highest BCUT2D eigenvalue weighted by atomic mass is 32.2. The van der Waals surface area contributed by atoms with Crippen LogP contribution in [0.1, 0.15) is 49.5 Å². The maximum Gasteiger partial charge on any atom is 0.183 e. The molecule has 0 aliphatic carbocycles. The smallest absolute Gasteiger partial charge is 0.183 e. The van der Waals surface area contributed by atoms with E-state index in [4.69, 9.17) is 19.5 Å². The van der Waals surface area contributed by atoms with Crippen LogP contribution in [-0.4, -0.2) is 72.2 Å². The topological polar surface area (TPSA) is 104 Å². The van der Waals surface area contributed by atoms with Crippen LogP contribution in [-0.2, 0) is 4.79 Å². The van der Waals surface area contributed by atoms with Gasteiger partial charge in [-0.1, -0.05) is 43.8 Å². The summed E-state index contributed by atoms with van der Waals surface area (Å²) in [6.07, 6.45) is 4.93. The number of rotatable bonds is 13. The van der Waals surface area contributed by atoms with E-state index in [9.17, 15) is 15.0 Å². The molecule has 1 heterocycles. The van der Waals surface area contributed by atoms with Crippen LogP contribution in [0.4, 0.5) is 0 Å². The van der Waals surface area contributed by atoms with Gasteiger partial charge in [-0.15, -0.1) is 0 Å². The van der Waals surface area contributed by atoms with E-state index in [0.29, 0.717) is 29.6 Å². The number of ether oxygens (including phenoxy) is 2. The van der Waals surface area contributed by atoms with Crippen LogP contribution >= 0.6 is 11.8 Å². The van der Waals surface area contributed by atoms with E-state index in [1.807, 2.05) is 12.1 Å². The molecule has 2 aromatic carbocycles. The first-order chi connectivity index (χ1) is 18.4. The van der Waals surface area contributed by atoms with Gasteiger partial charge in [0.05, 0.1) is 14.2 Å². The molecule has 0 bridgehead atoms. The van der Waals surface area contributed by atoms with Gasteiger partial charge in [0, 0.05) is 30.3 Å². The van der Waals surface area contributed by atoms with Crippen LogP contribution in [0.5, 0.6) is 23.0 Å². The second-order valence-corrected chi connectivity index (χ2v) is 10.0. The number of benzene rings is 2. The molecule has 0 amide bonds. The van der Waals surface area contributed by atoms with Crippen LogP contribution in [0.25, 0.3) is 6.08 Å². The first-order valence-corrected chi connectivity index (χ1v) is 13.7. The molecule has 3 rings (SSSR count). The Hall–Kier alpha value is -3.30. The SMILES string of the molecule is CCN(CC)CCCN=C1N=C(CC(=O)/C=C/c2ccc(O)c(OC)c2)CC(c2ccc(O)c(OC)c2)S1. The Morgan fingerprint density at radius 1 is 1.11 bits per heavy atom. The van der Waals surface area contributed by atoms with Gasteiger partial charge in [0.25, 0.3) is 0 Å². The molecule has 0 radical (unpaired) electrons. The molecule has 0 spiro atoms. The second-order valence-electron chi connectivity index (χ2n) is 8.87. The lowest BCUT2D eigenvalue weighted by molar-refractivity contribution is -0.113. The third-order valence-corrected chi connectivity index (χ3v) is 7.47. The van der Waals surface area contributed by atoms with E-state index < -0.39 is 0 Å². The highest BCUT2D eigenvalue weighted by Gasteiger charge is 2.25. The van der Waals surface area contributed by atoms with Gasteiger partial charge >= 0.3 is 0 Å². The molecular weight excluding hydrogens is 502 g/mol. The fraction of sp³-hybridized carbons (Fsp3) is 0.414. The number of phenols is 2. The molecule has 1 unspecified atom stereocenters. The van der Waals surface area contributed by atoms with Crippen molar-refractivity contribution < 1.29 is 24.5 Å². The number of thioether (sulfide) groups is 1. The maximum atomic E-state index is 12.8. The second kappa shape index (κ2) is 14.6. The Kier molecular flexibility index (Phi) is 11.2. The van der Waals surface area contributed by atoms with Crippen molar-refractivity contribution >= 4 is 34.5 Å². The summed E-state index contributed by atoms with van der Waals surface area (Å²) >= 11 is 1.57. The van der Waals surface area contributed by atoms with Gasteiger partial charge in [-0.3, -0.25) is 9.79 Å². The predicted octanol–water partition coefficient (Wildman–Crippen LogP) is 5.49. The number of hydrogen-bond donors (Lipinski definition) is 2. The minimum absolute atomic E-state index is 0.00308. The van der Waals surface area contributed by atoms with Crippen molar-refractivity contribution in [2.45, 2.75) is 38.4 Å². The Balaban J connectivity index is 1.76. The van der Waals surface area contributed by atoms with E-state index in [0.717, 1.165) is 42.9 Å². The molecule has 2 aromatic rings. The van der Waals surface area contributed by atoms with Crippen LogP contribution in [0.2, 0.25) is 0 Å². The van der Waals surface area contributed by atoms with Crippen molar-refractivity contribution in [3.63, 3.8) is 0 Å². The molecule has 0 aromatic heterocycles. The average molecular weight is 540 g/mol. The van der Waals surface area contributed by atoms with E-state index in [1.54, 1.807) is 36.0 Å². The number of aromatic hydroxyl groups is 2. The quantitative estimate of drug-likeness (QED) is 0.256. The van der Waals surface area contributed by atoms with E-state index in [-0.39, 0.29) is 29.0 Å². The fourth-order valence-corrected chi connectivity index (χ4v) is 5.27. The lowest BCUT2D eigenvalue weighted by Gasteiger charge is -2.23. The number of allylic oxidation sites excluding steroid dienone is 1. The Labute approximate surface area is 229 Å². The van der Waals surface area contributed by atoms with Crippen molar-refractivity contribution in [3.8, 4) is 23.0 Å². The molecule has 0 saturated heterocycles. The Bertz CT molecular complexity index is 1190. The minimum Gasteiger partial charge on any atom is -0.504 e. The summed E-state index contributed by atoms with van der Waals surface area (Å²) in [5, 5.41) is 20.5. The van der Waals surface area contributed by atoms with Crippen molar-refractivity contribution in [1.29, 1.82) is 0 Å². The zero-order chi connectivity index (χ0) is 27.5. The van der Waals surface area contributed by atoms with Crippen molar-refractivity contribution in [3.05, 3.63) is 53.6 Å². The van der Waals surface area contributed by atoms with Crippen molar-refractivity contribution in [2.75, 3.05) is 40.4 Å². The number of aliphatic imine (C=N–C) groups is 2. The van der Waals surface area contributed by atoms with Crippen LogP contribution in [0, 0.1) is 0 Å². The molecule has 1 aliphatic rings. The van der Waals surface area contributed by atoms with E-state index in [1.165, 1.54) is 26.4 Å². The number of carbonyl (C=O) groups excluding carboxylic acids is 1. The fourth-order valence-electron chi connectivity index (χ4n) is 4.11. The molecule has 38 heavy (non-hydrogen) atoms. The van der Waals surface area contributed by atoms with Crippen LogP contribution in [0.15, 0.2) is 52.5 Å². The molecule has 0 saturated carbocycles. The first-order valence-electron chi connectivity index (χ1n) is 12.8. The monoisotopic (exact) mass is 539 g/mol. The number of amidine groups is 1. The lowest BCUT2D eigenvalue weighted by Crippen LogP contribution is -2.24. The van der Waals surface area contributed by atoms with Gasteiger partial charge in [-0.2, -0.15) is 0 Å². The summed E-state index contributed by atoms with van der Waals surface area (Å²) in [6, 6.07) is 10.2. The third kappa shape index (κ3) is 8.36. The zero-order valence-electron chi connectivity index (χ0n) is 22.5. The molecule has 1 aliphatic heterocycles. The largest absolute Gasteiger partial charge is 0.504 e. The third-order valence-electron chi connectivity index (χ3n) is 6.32. The van der Waals surface area contributed by atoms with Crippen molar-refractivity contribution in [1.82, 2.24) is 4.90 Å². The number of hydrogen-bond acceptors (Lipinski definition) is 8. The summed E-state index contributed by atoms with van der Waals surface area (Å²) in [4.78, 5) is 24.7. The number of nitrogens with zero attached hydrogens (tertiary/aromatic N) is 3. The molecule has 0 fully saturated rings. The van der Waals surface area contributed by atoms with Gasteiger partial charge in [0.1, 0.15) is 0 Å². The molecule has 8 nitrogen and oxygen atoms in total. The highest BCUT2D eigenvalue weighted by molar-refractivity contribution is 8.14. The van der Waals surface area contributed by atoms with Crippen LogP contribution < -0.4 is 9.47 Å². The number of methoxy groups -OCH3 is 2. The summed E-state index contributed by atoms with van der Waals surface area (Å²) in [5.74, 6) is 0.814. The minimum atomic E-state index is -0.0781. The summed E-state index contributed by atoms with van der Waals surface area (Å²) < 4.78 is 10.4. The number of phenolic OH excluding ortho intramolecular Hbond substituents is 2.